The predicted molar refractivity (Wildman–Crippen MR) is 72.1 cm³/mol. The molecule has 0 radical (unpaired) electrons. The highest BCUT2D eigenvalue weighted by Gasteiger charge is 2.39. The Morgan fingerprint density at radius 1 is 1.39 bits per heavy atom. The second-order valence-corrected chi connectivity index (χ2v) is 5.72. The van der Waals surface area contributed by atoms with Gasteiger partial charge in [0.1, 0.15) is 5.82 Å². The van der Waals surface area contributed by atoms with Crippen LogP contribution in [0.2, 0.25) is 0 Å². The maximum atomic E-state index is 13.5. The van der Waals surface area contributed by atoms with Gasteiger partial charge in [0.05, 0.1) is 5.54 Å². The van der Waals surface area contributed by atoms with E-state index in [0.29, 0.717) is 20.8 Å². The topological polar surface area (TPSA) is 64.9 Å². The van der Waals surface area contributed by atoms with Gasteiger partial charge in [-0.25, -0.2) is 4.39 Å². The number of halogens is 2. The summed E-state index contributed by atoms with van der Waals surface area (Å²) in [7, 11) is 0. The standard InChI is InChI=1S/C12H11FIN3O/c13-8-6-7(2-3-9(8)14)10-16-11(17-18-10)12(15)4-1-5-12/h2-3,6H,1,4-5,15H2. The molecule has 4 nitrogen and oxygen atoms in total. The lowest BCUT2D eigenvalue weighted by atomic mass is 9.77. The summed E-state index contributed by atoms with van der Waals surface area (Å²) in [4.78, 5) is 4.27. The summed E-state index contributed by atoms with van der Waals surface area (Å²) in [6, 6.07) is 4.83. The molecule has 6 heteroatoms. The zero-order valence-corrected chi connectivity index (χ0v) is 11.6. The Morgan fingerprint density at radius 2 is 2.17 bits per heavy atom. The highest BCUT2D eigenvalue weighted by atomic mass is 127. The molecule has 2 aromatic rings. The van der Waals surface area contributed by atoms with Crippen LogP contribution in [0.3, 0.4) is 0 Å². The van der Waals surface area contributed by atoms with Gasteiger partial charge in [0.25, 0.3) is 5.89 Å². The molecule has 1 aromatic carbocycles. The van der Waals surface area contributed by atoms with E-state index in [1.54, 1.807) is 12.1 Å². The Balaban J connectivity index is 1.95. The van der Waals surface area contributed by atoms with Gasteiger partial charge in [-0.3, -0.25) is 0 Å². The first kappa shape index (κ1) is 12.0. The zero-order chi connectivity index (χ0) is 12.8. The summed E-state index contributed by atoms with van der Waals surface area (Å²) in [6.45, 7) is 0. The highest BCUT2D eigenvalue weighted by Crippen LogP contribution is 2.37. The van der Waals surface area contributed by atoms with Gasteiger partial charge in [0, 0.05) is 9.13 Å². The van der Waals surface area contributed by atoms with Crippen LogP contribution in [-0.4, -0.2) is 10.1 Å². The van der Waals surface area contributed by atoms with Gasteiger partial charge in [-0.05, 0) is 60.1 Å². The fraction of sp³-hybridized carbons (Fsp3) is 0.333. The number of hydrogen-bond donors (Lipinski definition) is 1. The lowest BCUT2D eigenvalue weighted by Crippen LogP contribution is -2.44. The Kier molecular flexibility index (Phi) is 2.86. The van der Waals surface area contributed by atoms with Gasteiger partial charge >= 0.3 is 0 Å². The molecule has 3 rings (SSSR count). The van der Waals surface area contributed by atoms with E-state index in [-0.39, 0.29) is 5.82 Å². The minimum atomic E-state index is -0.455. The van der Waals surface area contributed by atoms with Crippen LogP contribution in [0.25, 0.3) is 11.5 Å². The largest absolute Gasteiger partial charge is 0.334 e. The highest BCUT2D eigenvalue weighted by molar-refractivity contribution is 14.1. The predicted octanol–water partition coefficient (Wildman–Crippen LogP) is 2.82. The molecule has 1 aromatic heterocycles. The van der Waals surface area contributed by atoms with Gasteiger partial charge < -0.3 is 10.3 Å². The average molecular weight is 359 g/mol. The molecule has 0 atom stereocenters. The van der Waals surface area contributed by atoms with Crippen LogP contribution in [0.5, 0.6) is 0 Å². The monoisotopic (exact) mass is 359 g/mol. The first-order valence-electron chi connectivity index (χ1n) is 5.67. The van der Waals surface area contributed by atoms with E-state index in [4.69, 9.17) is 10.3 Å². The second-order valence-electron chi connectivity index (χ2n) is 4.56. The van der Waals surface area contributed by atoms with Crippen LogP contribution in [0.4, 0.5) is 4.39 Å². The van der Waals surface area contributed by atoms with Crippen molar-refractivity contribution in [2.24, 2.45) is 5.73 Å². The van der Waals surface area contributed by atoms with Crippen LogP contribution in [-0.2, 0) is 5.54 Å². The summed E-state index contributed by atoms with van der Waals surface area (Å²) in [5.74, 6) is 0.540. The van der Waals surface area contributed by atoms with E-state index >= 15 is 0 Å². The molecule has 1 aliphatic rings. The van der Waals surface area contributed by atoms with Crippen LogP contribution >= 0.6 is 22.6 Å². The normalized spacial score (nSPS) is 17.5. The third-order valence-electron chi connectivity index (χ3n) is 3.28. The van der Waals surface area contributed by atoms with E-state index < -0.39 is 5.54 Å². The fourth-order valence-corrected chi connectivity index (χ4v) is 2.29. The van der Waals surface area contributed by atoms with Gasteiger partial charge in [-0.2, -0.15) is 4.98 Å². The van der Waals surface area contributed by atoms with Crippen molar-refractivity contribution >= 4 is 22.6 Å². The minimum absolute atomic E-state index is 0.293. The molecule has 1 heterocycles. The third kappa shape index (κ3) is 1.93. The summed E-state index contributed by atoms with van der Waals surface area (Å²) in [6.07, 6.45) is 2.82. The molecule has 0 spiro atoms. The van der Waals surface area contributed by atoms with Crippen molar-refractivity contribution in [1.82, 2.24) is 10.1 Å². The summed E-state index contributed by atoms with van der Waals surface area (Å²) in [5, 5.41) is 3.90. The number of nitrogens with two attached hydrogens (primary N) is 1. The van der Waals surface area contributed by atoms with Crippen LogP contribution in [0, 0.1) is 9.39 Å². The van der Waals surface area contributed by atoms with Crippen LogP contribution in [0.1, 0.15) is 25.1 Å². The Bertz CT molecular complexity index is 595. The maximum Gasteiger partial charge on any atom is 0.258 e. The van der Waals surface area contributed by atoms with Crippen molar-refractivity contribution in [2.45, 2.75) is 24.8 Å². The Labute approximate surface area is 117 Å². The van der Waals surface area contributed by atoms with Gasteiger partial charge in [0.15, 0.2) is 5.82 Å². The van der Waals surface area contributed by atoms with E-state index in [1.807, 2.05) is 22.6 Å². The first-order valence-corrected chi connectivity index (χ1v) is 6.75. The van der Waals surface area contributed by atoms with Crippen molar-refractivity contribution in [1.29, 1.82) is 0 Å². The second kappa shape index (κ2) is 4.27. The van der Waals surface area contributed by atoms with Gasteiger partial charge in [-0.15, -0.1) is 0 Å². The molecule has 2 N–H and O–H groups in total. The number of rotatable bonds is 2. The molecule has 0 bridgehead atoms. The lowest BCUT2D eigenvalue weighted by molar-refractivity contribution is 0.229. The van der Waals surface area contributed by atoms with Gasteiger partial charge in [0.2, 0.25) is 0 Å². The van der Waals surface area contributed by atoms with Crippen molar-refractivity contribution in [3.63, 3.8) is 0 Å². The van der Waals surface area contributed by atoms with E-state index in [2.05, 4.69) is 10.1 Å². The van der Waals surface area contributed by atoms with Crippen molar-refractivity contribution < 1.29 is 8.91 Å². The zero-order valence-electron chi connectivity index (χ0n) is 9.49. The molecule has 1 fully saturated rings. The number of benzene rings is 1. The summed E-state index contributed by atoms with van der Waals surface area (Å²) in [5.41, 5.74) is 6.23. The molecule has 0 unspecified atom stereocenters. The van der Waals surface area contributed by atoms with E-state index in [1.165, 1.54) is 6.07 Å². The summed E-state index contributed by atoms with van der Waals surface area (Å²) < 4.78 is 19.2. The van der Waals surface area contributed by atoms with Crippen molar-refractivity contribution in [2.75, 3.05) is 0 Å². The lowest BCUT2D eigenvalue weighted by Gasteiger charge is -2.34. The number of aromatic nitrogens is 2. The van der Waals surface area contributed by atoms with Crippen LogP contribution in [0.15, 0.2) is 22.7 Å². The molecular formula is C12H11FIN3O. The molecule has 0 saturated heterocycles. The average Bonchev–Trinajstić information content (AvgIpc) is 2.79. The molecule has 18 heavy (non-hydrogen) atoms. The van der Waals surface area contributed by atoms with Crippen LogP contribution < -0.4 is 5.73 Å². The van der Waals surface area contributed by atoms with Gasteiger partial charge in [-0.1, -0.05) is 5.16 Å². The Morgan fingerprint density at radius 3 is 2.78 bits per heavy atom. The van der Waals surface area contributed by atoms with Crippen molar-refractivity contribution in [3.8, 4) is 11.5 Å². The van der Waals surface area contributed by atoms with E-state index in [0.717, 1.165) is 19.3 Å². The Hall–Kier alpha value is -1.02. The first-order chi connectivity index (χ1) is 8.58. The fourth-order valence-electron chi connectivity index (χ4n) is 1.95. The SMILES string of the molecule is NC1(c2noc(-c3ccc(I)c(F)c3)n2)CCC1. The minimum Gasteiger partial charge on any atom is -0.334 e. The smallest absolute Gasteiger partial charge is 0.258 e. The third-order valence-corrected chi connectivity index (χ3v) is 4.16. The molecule has 0 aliphatic heterocycles. The molecule has 94 valence electrons. The number of hydrogen-bond acceptors (Lipinski definition) is 4. The molecular weight excluding hydrogens is 348 g/mol. The summed E-state index contributed by atoms with van der Waals surface area (Å²) >= 11 is 1.93. The molecule has 1 aliphatic carbocycles. The van der Waals surface area contributed by atoms with Crippen molar-refractivity contribution in [3.05, 3.63) is 33.4 Å². The molecule has 0 amide bonds. The number of nitrogens with zero attached hydrogens (tertiary/aromatic N) is 2. The quantitative estimate of drug-likeness (QED) is 0.838. The van der Waals surface area contributed by atoms with E-state index in [9.17, 15) is 4.39 Å². The maximum absolute atomic E-state index is 13.5. The molecule has 1 saturated carbocycles.